The number of hydrogen-bond donors (Lipinski definition) is 2. The van der Waals surface area contributed by atoms with Crippen LogP contribution in [0.5, 0.6) is 0 Å². The summed E-state index contributed by atoms with van der Waals surface area (Å²) in [5.74, 6) is -1.98. The Bertz CT molecular complexity index is 1960. The summed E-state index contributed by atoms with van der Waals surface area (Å²) >= 11 is 0. The monoisotopic (exact) mass is 743 g/mol. The highest BCUT2D eigenvalue weighted by molar-refractivity contribution is 5.98. The van der Waals surface area contributed by atoms with Gasteiger partial charge in [-0.15, -0.1) is 10.1 Å². The highest BCUT2D eigenvalue weighted by Crippen LogP contribution is 2.28. The van der Waals surface area contributed by atoms with Crippen LogP contribution in [0, 0.1) is 40.5 Å². The zero-order valence-electron chi connectivity index (χ0n) is 28.7. The second-order valence-electron chi connectivity index (χ2n) is 9.90. The Labute approximate surface area is 300 Å². The number of aromatic carboxylic acids is 1. The first-order chi connectivity index (χ1) is 25.2. The van der Waals surface area contributed by atoms with E-state index in [1.54, 1.807) is 74.0 Å². The van der Waals surface area contributed by atoms with E-state index in [9.17, 15) is 50.0 Å². The maximum Gasteiger partial charge on any atom is 0.346 e. The van der Waals surface area contributed by atoms with Gasteiger partial charge in [0, 0.05) is 42.5 Å². The Balaban J connectivity index is 0.000000356. The van der Waals surface area contributed by atoms with E-state index in [-0.39, 0.29) is 47.8 Å². The van der Waals surface area contributed by atoms with Gasteiger partial charge in [0.05, 0.1) is 23.1 Å². The molecule has 0 saturated heterocycles. The molecule has 0 fully saturated rings. The average molecular weight is 744 g/mol. The number of carbonyl (C=O) groups is 2. The second-order valence-corrected chi connectivity index (χ2v) is 9.90. The van der Waals surface area contributed by atoms with E-state index in [2.05, 4.69) is 9.82 Å². The van der Waals surface area contributed by atoms with Crippen LogP contribution >= 0.6 is 0 Å². The molecule has 5 aromatic rings. The summed E-state index contributed by atoms with van der Waals surface area (Å²) in [6, 6.07) is 14.9. The lowest BCUT2D eigenvalue weighted by atomic mass is 10.2. The number of ether oxygens (including phenoxy) is 1. The van der Waals surface area contributed by atoms with Crippen molar-refractivity contribution in [2.24, 2.45) is 0 Å². The first kappa shape index (κ1) is 44.0. The van der Waals surface area contributed by atoms with Gasteiger partial charge < -0.3 is 28.6 Å². The summed E-state index contributed by atoms with van der Waals surface area (Å²) in [4.78, 5) is 69.4. The molecule has 53 heavy (non-hydrogen) atoms. The summed E-state index contributed by atoms with van der Waals surface area (Å²) in [6.45, 7) is 5.90. The molecule has 5 aromatic heterocycles. The number of fused-ring (bicyclic) bond motifs is 2. The molecule has 0 spiro atoms. The Morgan fingerprint density at radius 2 is 1.28 bits per heavy atom. The summed E-state index contributed by atoms with van der Waals surface area (Å²) in [5.41, 5.74) is 0.231. The van der Waals surface area contributed by atoms with Gasteiger partial charge in [-0.25, -0.2) is 9.59 Å². The molecule has 0 bridgehead atoms. The number of nitro groups is 3. The first-order valence-electron chi connectivity index (χ1n) is 15.5. The smallest absolute Gasteiger partial charge is 0.346 e. The lowest BCUT2D eigenvalue weighted by molar-refractivity contribution is -0.757. The van der Waals surface area contributed by atoms with Crippen molar-refractivity contribution < 1.29 is 49.2 Å². The Kier molecular flexibility index (Phi) is 19.4. The highest BCUT2D eigenvalue weighted by Gasteiger charge is 2.27. The van der Waals surface area contributed by atoms with Crippen LogP contribution in [0.4, 0.5) is 11.4 Å². The molecule has 0 aliphatic rings. The van der Waals surface area contributed by atoms with E-state index in [4.69, 9.17) is 14.9 Å². The molecular formula is C32H37N7O14. The standard InChI is InChI=1S/C11H10N2O4.C9H6N2O4.C6H6N2O2.C3H7NO3.C3H8O/c1-2-17-11(14)8-7-12-6-4-3-5-9(12)10(8)13(15)16;12-9(13)6-5-10-4-2-1-3-7(10)8(6)11(14)15;9-8(10)5-6-3-1-2-4-7-6;1-2-3-7-4(5)6;1-2-3-4/h3-7H,2H2,1H3;1-5H,(H,12,13);1-4H,5H2;2-3H2,1H3;4H,2-3H2,1H3. The molecule has 0 atom stereocenters. The molecule has 21 nitrogen and oxygen atoms in total. The molecule has 0 unspecified atom stereocenters. The summed E-state index contributed by atoms with van der Waals surface area (Å²) in [5, 5.41) is 56.9. The quantitative estimate of drug-likeness (QED) is 0.0969. The van der Waals surface area contributed by atoms with E-state index < -0.39 is 31.8 Å². The van der Waals surface area contributed by atoms with Gasteiger partial charge in [0.25, 0.3) is 5.09 Å². The molecule has 2 N–H and O–H groups in total. The van der Waals surface area contributed by atoms with Crippen LogP contribution < -0.4 is 0 Å². The van der Waals surface area contributed by atoms with Crippen molar-refractivity contribution in [3.8, 4) is 0 Å². The Hall–Kier alpha value is -7.03. The number of aromatic nitrogens is 3. The lowest BCUT2D eigenvalue weighted by Crippen LogP contribution is -2.05. The third kappa shape index (κ3) is 14.8. The minimum Gasteiger partial charge on any atom is -0.477 e. The Morgan fingerprint density at radius 1 is 0.774 bits per heavy atom. The first-order valence-corrected chi connectivity index (χ1v) is 15.5. The zero-order chi connectivity index (χ0) is 39.9. The number of hydrogen-bond acceptors (Lipinski definition) is 14. The summed E-state index contributed by atoms with van der Waals surface area (Å²) in [7, 11) is 0. The van der Waals surface area contributed by atoms with Gasteiger partial charge in [0.15, 0.2) is 11.1 Å². The fraction of sp³-hybridized carbons (Fsp3) is 0.281. The normalized spacial score (nSPS) is 9.66. The molecule has 5 heterocycles. The van der Waals surface area contributed by atoms with Crippen molar-refractivity contribution in [2.45, 2.75) is 40.2 Å². The van der Waals surface area contributed by atoms with Crippen molar-refractivity contribution in [2.75, 3.05) is 19.8 Å². The van der Waals surface area contributed by atoms with Crippen LogP contribution in [0.25, 0.3) is 11.0 Å². The van der Waals surface area contributed by atoms with Gasteiger partial charge in [-0.3, -0.25) is 35.3 Å². The van der Waals surface area contributed by atoms with Crippen LogP contribution in [-0.2, 0) is 16.1 Å². The minimum atomic E-state index is -1.30. The molecule has 0 aliphatic carbocycles. The number of nitrogens with zero attached hydrogens (tertiary/aromatic N) is 7. The second kappa shape index (κ2) is 23.4. The lowest BCUT2D eigenvalue weighted by Gasteiger charge is -1.97. The number of carboxylic acids is 1. The molecule has 5 rings (SSSR count). The van der Waals surface area contributed by atoms with E-state index >= 15 is 0 Å². The van der Waals surface area contributed by atoms with Gasteiger partial charge >= 0.3 is 23.3 Å². The topological polar surface area (TPSA) is 287 Å². The minimum absolute atomic E-state index is 0.0250. The fourth-order valence-electron chi connectivity index (χ4n) is 3.90. The maximum absolute atomic E-state index is 11.6. The number of esters is 1. The largest absolute Gasteiger partial charge is 0.477 e. The van der Waals surface area contributed by atoms with Gasteiger partial charge in [-0.2, -0.15) is 0 Å². The van der Waals surface area contributed by atoms with Crippen LogP contribution in [-0.4, -0.2) is 75.6 Å². The molecule has 0 aromatic carbocycles. The molecular weight excluding hydrogens is 706 g/mol. The molecule has 284 valence electrons. The zero-order valence-corrected chi connectivity index (χ0v) is 28.7. The Morgan fingerprint density at radius 3 is 1.66 bits per heavy atom. The average Bonchev–Trinajstić information content (AvgIpc) is 3.72. The molecule has 21 heteroatoms. The fourth-order valence-corrected chi connectivity index (χ4v) is 3.90. The van der Waals surface area contributed by atoms with Crippen molar-refractivity contribution in [3.05, 3.63) is 143 Å². The van der Waals surface area contributed by atoms with Gasteiger partial charge in [-0.1, -0.05) is 32.0 Å². The predicted molar refractivity (Wildman–Crippen MR) is 187 cm³/mol. The molecule has 0 radical (unpaired) electrons. The summed E-state index contributed by atoms with van der Waals surface area (Å²) in [6.07, 6.45) is 8.95. The van der Waals surface area contributed by atoms with Crippen LogP contribution in [0.1, 0.15) is 60.0 Å². The van der Waals surface area contributed by atoms with Gasteiger partial charge in [0.1, 0.15) is 16.7 Å². The molecule has 0 amide bonds. The van der Waals surface area contributed by atoms with Crippen LogP contribution in [0.15, 0.2) is 85.6 Å². The van der Waals surface area contributed by atoms with E-state index in [0.717, 1.165) is 6.42 Å². The van der Waals surface area contributed by atoms with Crippen molar-refractivity contribution in [3.63, 3.8) is 0 Å². The molecule has 0 saturated carbocycles. The van der Waals surface area contributed by atoms with Gasteiger partial charge in [0.2, 0.25) is 6.54 Å². The molecule has 0 aliphatic heterocycles. The van der Waals surface area contributed by atoms with Crippen LogP contribution in [0.2, 0.25) is 0 Å². The maximum atomic E-state index is 11.6. The van der Waals surface area contributed by atoms with Gasteiger partial charge in [-0.05, 0) is 56.2 Å². The van der Waals surface area contributed by atoms with Crippen molar-refractivity contribution in [1.29, 1.82) is 0 Å². The third-order valence-corrected chi connectivity index (χ3v) is 6.04. The third-order valence-electron chi connectivity index (χ3n) is 6.04. The predicted octanol–water partition coefficient (Wildman–Crippen LogP) is 5.42. The number of aliphatic hydroxyl groups excluding tert-OH is 1. The number of pyridine rings is 3. The number of aliphatic hydroxyl groups is 1. The number of rotatable bonds is 11. The van der Waals surface area contributed by atoms with E-state index in [0.29, 0.717) is 24.2 Å². The number of carbonyl (C=O) groups excluding carboxylic acids is 1. The van der Waals surface area contributed by atoms with E-state index in [1.807, 2.05) is 13.8 Å². The van der Waals surface area contributed by atoms with Crippen molar-refractivity contribution in [1.82, 2.24) is 13.8 Å². The van der Waals surface area contributed by atoms with Crippen LogP contribution in [0.3, 0.4) is 0 Å². The summed E-state index contributed by atoms with van der Waals surface area (Å²) < 4.78 is 7.74. The van der Waals surface area contributed by atoms with E-state index in [1.165, 1.54) is 27.3 Å². The SMILES string of the molecule is CCCO.CCCO[N+](=O)[O-].CCOC(=O)c1cn2ccccc2c1[N+](=O)[O-].O=C(O)c1cn2ccccc2c1[N+](=O)[O-].O=[N+]([O-])Cc1ccccn1. The van der Waals surface area contributed by atoms with Crippen molar-refractivity contribution >= 4 is 34.3 Å². The highest BCUT2D eigenvalue weighted by atomic mass is 16.9. The number of carboxylic acid groups (broad SMARTS) is 1.